The Hall–Kier alpha value is -2.12. The molecule has 1 amide bonds. The highest BCUT2D eigenvalue weighted by Crippen LogP contribution is 2.21. The lowest BCUT2D eigenvalue weighted by Gasteiger charge is -2.31. The van der Waals surface area contributed by atoms with Gasteiger partial charge in [0.05, 0.1) is 11.2 Å². The third-order valence-corrected chi connectivity index (χ3v) is 6.06. The van der Waals surface area contributed by atoms with Crippen LogP contribution in [0.3, 0.4) is 0 Å². The van der Waals surface area contributed by atoms with Crippen molar-refractivity contribution in [1.82, 2.24) is 9.62 Å². The highest BCUT2D eigenvalue weighted by Gasteiger charge is 2.30. The Balaban J connectivity index is 1.61. The number of nitrogens with zero attached hydrogens (tertiary/aromatic N) is 1. The molecule has 2 aromatic rings. The van der Waals surface area contributed by atoms with Crippen molar-refractivity contribution in [2.45, 2.75) is 30.7 Å². The van der Waals surface area contributed by atoms with Gasteiger partial charge in [-0.2, -0.15) is 4.31 Å². The maximum atomic E-state index is 12.7. The number of furan rings is 1. The third kappa shape index (κ3) is 3.52. The second kappa shape index (κ2) is 6.78. The molecule has 1 aromatic carbocycles. The van der Waals surface area contributed by atoms with Crippen LogP contribution < -0.4 is 5.32 Å². The zero-order valence-corrected chi connectivity index (χ0v) is 14.3. The summed E-state index contributed by atoms with van der Waals surface area (Å²) in [5.41, 5.74) is 0.914. The van der Waals surface area contributed by atoms with Gasteiger partial charge in [0.1, 0.15) is 0 Å². The van der Waals surface area contributed by atoms with Crippen LogP contribution in [0.25, 0.3) is 0 Å². The van der Waals surface area contributed by atoms with E-state index in [1.54, 1.807) is 30.3 Å². The zero-order valence-electron chi connectivity index (χ0n) is 13.4. The van der Waals surface area contributed by atoms with Crippen LogP contribution in [0.2, 0.25) is 0 Å². The van der Waals surface area contributed by atoms with E-state index in [1.165, 1.54) is 10.6 Å². The van der Waals surface area contributed by atoms with E-state index < -0.39 is 10.0 Å². The molecule has 3 rings (SSSR count). The number of hydrogen-bond acceptors (Lipinski definition) is 4. The third-order valence-electron chi connectivity index (χ3n) is 4.16. The van der Waals surface area contributed by atoms with Gasteiger partial charge in [0.15, 0.2) is 5.76 Å². The maximum Gasteiger partial charge on any atom is 0.287 e. The van der Waals surface area contributed by atoms with Crippen molar-refractivity contribution >= 4 is 15.9 Å². The fourth-order valence-electron chi connectivity index (χ4n) is 2.83. The van der Waals surface area contributed by atoms with E-state index in [1.807, 2.05) is 13.0 Å². The summed E-state index contributed by atoms with van der Waals surface area (Å²) in [4.78, 5) is 12.3. The van der Waals surface area contributed by atoms with Crippen LogP contribution in [0.4, 0.5) is 0 Å². The van der Waals surface area contributed by atoms with Gasteiger partial charge >= 0.3 is 0 Å². The number of nitrogens with one attached hydrogen (secondary N) is 1. The predicted molar refractivity (Wildman–Crippen MR) is 89.1 cm³/mol. The molecule has 0 radical (unpaired) electrons. The Kier molecular flexibility index (Phi) is 4.73. The molecule has 128 valence electrons. The molecule has 1 aliphatic heterocycles. The fourth-order valence-corrected chi connectivity index (χ4v) is 4.40. The molecule has 1 N–H and O–H groups in total. The fraction of sp³-hybridized carbons (Fsp3) is 0.353. The Bertz CT molecular complexity index is 807. The second-order valence-corrected chi connectivity index (χ2v) is 7.88. The van der Waals surface area contributed by atoms with Crippen LogP contribution >= 0.6 is 0 Å². The number of sulfonamides is 1. The van der Waals surface area contributed by atoms with Crippen LogP contribution in [0, 0.1) is 6.92 Å². The number of carbonyl (C=O) groups is 1. The summed E-state index contributed by atoms with van der Waals surface area (Å²) in [6.45, 7) is 2.65. The molecular weight excluding hydrogens is 328 g/mol. The van der Waals surface area contributed by atoms with E-state index in [4.69, 9.17) is 4.42 Å². The van der Waals surface area contributed by atoms with Crippen molar-refractivity contribution < 1.29 is 17.6 Å². The molecule has 1 aromatic heterocycles. The first-order chi connectivity index (χ1) is 11.5. The number of amides is 1. The number of carbonyl (C=O) groups excluding carboxylic acids is 1. The van der Waals surface area contributed by atoms with E-state index in [0.717, 1.165) is 5.56 Å². The Morgan fingerprint density at radius 2 is 1.96 bits per heavy atom. The van der Waals surface area contributed by atoms with Crippen molar-refractivity contribution in [2.24, 2.45) is 0 Å². The van der Waals surface area contributed by atoms with Gasteiger partial charge in [-0.25, -0.2) is 8.42 Å². The van der Waals surface area contributed by atoms with Crippen LogP contribution in [0.15, 0.2) is 52.0 Å². The molecule has 7 heteroatoms. The van der Waals surface area contributed by atoms with Crippen LogP contribution in [-0.4, -0.2) is 37.8 Å². The van der Waals surface area contributed by atoms with Gasteiger partial charge < -0.3 is 9.73 Å². The minimum absolute atomic E-state index is 0.0495. The van der Waals surface area contributed by atoms with Crippen molar-refractivity contribution in [3.8, 4) is 0 Å². The first-order valence-electron chi connectivity index (χ1n) is 7.88. The lowest BCUT2D eigenvalue weighted by Crippen LogP contribution is -2.46. The monoisotopic (exact) mass is 348 g/mol. The van der Waals surface area contributed by atoms with E-state index in [9.17, 15) is 13.2 Å². The van der Waals surface area contributed by atoms with E-state index in [2.05, 4.69) is 5.32 Å². The van der Waals surface area contributed by atoms with Crippen LogP contribution in [0.1, 0.15) is 29.0 Å². The molecular formula is C17H20N2O4S. The Morgan fingerprint density at radius 3 is 2.58 bits per heavy atom. The number of piperidine rings is 1. The number of benzene rings is 1. The Morgan fingerprint density at radius 1 is 1.21 bits per heavy atom. The molecule has 1 aliphatic rings. The van der Waals surface area contributed by atoms with Gasteiger partial charge in [0.2, 0.25) is 10.0 Å². The van der Waals surface area contributed by atoms with E-state index >= 15 is 0 Å². The maximum absolute atomic E-state index is 12.7. The van der Waals surface area contributed by atoms with Gasteiger partial charge in [0.25, 0.3) is 5.91 Å². The van der Waals surface area contributed by atoms with E-state index in [0.29, 0.717) is 30.8 Å². The smallest absolute Gasteiger partial charge is 0.287 e. The summed E-state index contributed by atoms with van der Waals surface area (Å²) < 4.78 is 31.9. The standard InChI is InChI=1S/C17H20N2O4S/c1-13-4-2-5-15(12-13)24(21,22)19-9-7-14(8-10-19)18-17(20)16-6-3-11-23-16/h2-6,11-12,14H,7-10H2,1H3,(H,18,20). The van der Waals surface area contributed by atoms with Crippen LogP contribution in [-0.2, 0) is 10.0 Å². The van der Waals surface area contributed by atoms with Gasteiger partial charge in [-0.1, -0.05) is 12.1 Å². The predicted octanol–water partition coefficient (Wildman–Crippen LogP) is 2.17. The second-order valence-electron chi connectivity index (χ2n) is 5.95. The van der Waals surface area contributed by atoms with Crippen molar-refractivity contribution in [2.75, 3.05) is 13.1 Å². The van der Waals surface area contributed by atoms with Crippen molar-refractivity contribution in [3.05, 3.63) is 54.0 Å². The molecule has 0 bridgehead atoms. The molecule has 6 nitrogen and oxygen atoms in total. The minimum atomic E-state index is -3.48. The lowest BCUT2D eigenvalue weighted by molar-refractivity contribution is 0.0895. The van der Waals surface area contributed by atoms with Crippen molar-refractivity contribution in [1.29, 1.82) is 0 Å². The SMILES string of the molecule is Cc1cccc(S(=O)(=O)N2CCC(NC(=O)c3ccco3)CC2)c1. The summed E-state index contributed by atoms with van der Waals surface area (Å²) >= 11 is 0. The number of rotatable bonds is 4. The quantitative estimate of drug-likeness (QED) is 0.918. The first-order valence-corrected chi connectivity index (χ1v) is 9.32. The lowest BCUT2D eigenvalue weighted by atomic mass is 10.1. The van der Waals surface area contributed by atoms with E-state index in [-0.39, 0.29) is 17.7 Å². The molecule has 0 atom stereocenters. The molecule has 1 fully saturated rings. The molecule has 1 saturated heterocycles. The molecule has 0 spiro atoms. The molecule has 0 aliphatic carbocycles. The molecule has 2 heterocycles. The number of aryl methyl sites for hydroxylation is 1. The van der Waals surface area contributed by atoms with Crippen LogP contribution in [0.5, 0.6) is 0 Å². The summed E-state index contributed by atoms with van der Waals surface area (Å²) in [6.07, 6.45) is 2.61. The summed E-state index contributed by atoms with van der Waals surface area (Å²) in [5.74, 6) is 0.00445. The average Bonchev–Trinajstić information content (AvgIpc) is 3.10. The molecule has 24 heavy (non-hydrogen) atoms. The largest absolute Gasteiger partial charge is 0.459 e. The van der Waals surface area contributed by atoms with Gasteiger partial charge in [0, 0.05) is 19.1 Å². The average molecular weight is 348 g/mol. The topological polar surface area (TPSA) is 79.6 Å². The highest BCUT2D eigenvalue weighted by molar-refractivity contribution is 7.89. The number of hydrogen-bond donors (Lipinski definition) is 1. The first kappa shape index (κ1) is 16.7. The summed E-state index contributed by atoms with van der Waals surface area (Å²) in [5, 5.41) is 2.89. The Labute approximate surface area is 141 Å². The van der Waals surface area contributed by atoms with Crippen molar-refractivity contribution in [3.63, 3.8) is 0 Å². The zero-order chi connectivity index (χ0) is 17.2. The van der Waals surface area contributed by atoms with Gasteiger partial charge in [-0.15, -0.1) is 0 Å². The summed E-state index contributed by atoms with van der Waals surface area (Å²) in [7, 11) is -3.48. The molecule has 0 unspecified atom stereocenters. The normalized spacial score (nSPS) is 16.9. The van der Waals surface area contributed by atoms with Gasteiger partial charge in [-0.05, 0) is 49.6 Å². The summed E-state index contributed by atoms with van der Waals surface area (Å²) in [6, 6.07) is 10.1. The highest BCUT2D eigenvalue weighted by atomic mass is 32.2. The van der Waals surface area contributed by atoms with Gasteiger partial charge in [-0.3, -0.25) is 4.79 Å². The minimum Gasteiger partial charge on any atom is -0.459 e. The molecule has 0 saturated carbocycles.